The highest BCUT2D eigenvalue weighted by molar-refractivity contribution is 5.77. The van der Waals surface area contributed by atoms with Crippen LogP contribution >= 0.6 is 0 Å². The van der Waals surface area contributed by atoms with Crippen LogP contribution in [0.5, 0.6) is 0 Å². The third-order valence-electron chi connectivity index (χ3n) is 3.75. The van der Waals surface area contributed by atoms with Gasteiger partial charge in [-0.25, -0.2) is 0 Å². The standard InChI is InChI=1S/C14H23N3O2/c1-17-11-12(10-16-17)5-4-8-15-13(18)9-14(19)6-2-3-7-14/h10-11,19H,2-9H2,1H3,(H,15,18). The minimum absolute atomic E-state index is 0.0319. The third-order valence-corrected chi connectivity index (χ3v) is 3.75. The van der Waals surface area contributed by atoms with Crippen molar-refractivity contribution in [2.45, 2.75) is 50.5 Å². The molecule has 1 aliphatic rings. The van der Waals surface area contributed by atoms with E-state index < -0.39 is 5.60 Å². The van der Waals surface area contributed by atoms with Gasteiger partial charge < -0.3 is 10.4 Å². The van der Waals surface area contributed by atoms with Crippen molar-refractivity contribution in [1.29, 1.82) is 0 Å². The zero-order valence-electron chi connectivity index (χ0n) is 11.6. The van der Waals surface area contributed by atoms with E-state index in [2.05, 4.69) is 10.4 Å². The average molecular weight is 265 g/mol. The number of hydrogen-bond acceptors (Lipinski definition) is 3. The summed E-state index contributed by atoms with van der Waals surface area (Å²) in [5.41, 5.74) is 0.444. The Kier molecular flexibility index (Phi) is 4.58. The molecule has 0 atom stereocenters. The molecular formula is C14H23N3O2. The Morgan fingerprint density at radius 3 is 2.89 bits per heavy atom. The first-order valence-electron chi connectivity index (χ1n) is 7.04. The van der Waals surface area contributed by atoms with Crippen LogP contribution in [0, 0.1) is 0 Å². The molecular weight excluding hydrogens is 242 g/mol. The summed E-state index contributed by atoms with van der Waals surface area (Å²) in [4.78, 5) is 11.7. The van der Waals surface area contributed by atoms with Crippen LogP contribution in [0.3, 0.4) is 0 Å². The number of hydrogen-bond donors (Lipinski definition) is 2. The predicted molar refractivity (Wildman–Crippen MR) is 72.6 cm³/mol. The number of aromatic nitrogens is 2. The predicted octanol–water partition coefficient (Wildman–Crippen LogP) is 1.16. The number of rotatable bonds is 6. The number of carbonyl (C=O) groups excluding carboxylic acids is 1. The van der Waals surface area contributed by atoms with Crippen LogP contribution in [-0.4, -0.2) is 32.9 Å². The maximum atomic E-state index is 11.7. The van der Waals surface area contributed by atoms with E-state index in [1.54, 1.807) is 4.68 Å². The summed E-state index contributed by atoms with van der Waals surface area (Å²) >= 11 is 0. The van der Waals surface area contributed by atoms with Gasteiger partial charge in [0, 0.05) is 19.8 Å². The molecule has 1 aromatic rings. The van der Waals surface area contributed by atoms with E-state index in [0.717, 1.165) is 38.5 Å². The smallest absolute Gasteiger partial charge is 0.222 e. The van der Waals surface area contributed by atoms with Gasteiger partial charge in [0.2, 0.25) is 5.91 Å². The van der Waals surface area contributed by atoms with E-state index in [9.17, 15) is 9.90 Å². The summed E-state index contributed by atoms with van der Waals surface area (Å²) < 4.78 is 1.78. The van der Waals surface area contributed by atoms with E-state index in [0.29, 0.717) is 6.54 Å². The maximum Gasteiger partial charge on any atom is 0.222 e. The second-order valence-electron chi connectivity index (χ2n) is 5.58. The number of amides is 1. The first kappa shape index (κ1) is 14.1. The molecule has 0 aromatic carbocycles. The van der Waals surface area contributed by atoms with Gasteiger partial charge in [0.1, 0.15) is 0 Å². The van der Waals surface area contributed by atoms with E-state index in [4.69, 9.17) is 0 Å². The fraction of sp³-hybridized carbons (Fsp3) is 0.714. The van der Waals surface area contributed by atoms with Crippen molar-refractivity contribution in [3.05, 3.63) is 18.0 Å². The molecule has 0 aliphatic heterocycles. The van der Waals surface area contributed by atoms with Gasteiger partial charge in [-0.05, 0) is 31.2 Å². The van der Waals surface area contributed by atoms with Crippen molar-refractivity contribution in [1.82, 2.24) is 15.1 Å². The number of aliphatic hydroxyl groups is 1. The second kappa shape index (κ2) is 6.19. The molecule has 1 heterocycles. The zero-order chi connectivity index (χ0) is 13.7. The van der Waals surface area contributed by atoms with E-state index in [1.807, 2.05) is 19.4 Å². The molecule has 5 nitrogen and oxygen atoms in total. The van der Waals surface area contributed by atoms with Crippen LogP contribution in [-0.2, 0) is 18.3 Å². The molecule has 1 saturated carbocycles. The Balaban J connectivity index is 1.61. The highest BCUT2D eigenvalue weighted by atomic mass is 16.3. The molecule has 0 radical (unpaired) electrons. The van der Waals surface area contributed by atoms with Crippen LogP contribution in [0.25, 0.3) is 0 Å². The Morgan fingerprint density at radius 1 is 1.53 bits per heavy atom. The zero-order valence-corrected chi connectivity index (χ0v) is 11.6. The van der Waals surface area contributed by atoms with E-state index in [-0.39, 0.29) is 12.3 Å². The molecule has 2 rings (SSSR count). The van der Waals surface area contributed by atoms with Gasteiger partial charge in [-0.1, -0.05) is 12.8 Å². The van der Waals surface area contributed by atoms with Crippen molar-refractivity contribution < 1.29 is 9.90 Å². The Labute approximate surface area is 114 Å². The summed E-state index contributed by atoms with van der Waals surface area (Å²) in [7, 11) is 1.90. The summed E-state index contributed by atoms with van der Waals surface area (Å²) in [5, 5.41) is 17.1. The summed E-state index contributed by atoms with van der Waals surface area (Å²) in [6, 6.07) is 0. The molecule has 1 aliphatic carbocycles. The van der Waals surface area contributed by atoms with Crippen molar-refractivity contribution in [3.8, 4) is 0 Å². The Hall–Kier alpha value is -1.36. The Bertz CT molecular complexity index is 422. The lowest BCUT2D eigenvalue weighted by Crippen LogP contribution is -2.35. The van der Waals surface area contributed by atoms with E-state index in [1.165, 1.54) is 5.56 Å². The molecule has 0 saturated heterocycles. The fourth-order valence-corrected chi connectivity index (χ4v) is 2.69. The summed E-state index contributed by atoms with van der Waals surface area (Å²) in [6.45, 7) is 0.657. The molecule has 0 bridgehead atoms. The molecule has 1 amide bonds. The average Bonchev–Trinajstić information content (AvgIpc) is 2.94. The number of carbonyl (C=O) groups is 1. The topological polar surface area (TPSA) is 67.2 Å². The molecule has 0 unspecified atom stereocenters. The lowest BCUT2D eigenvalue weighted by atomic mass is 9.98. The van der Waals surface area contributed by atoms with Crippen molar-refractivity contribution in [2.75, 3.05) is 6.54 Å². The van der Waals surface area contributed by atoms with Crippen LogP contribution < -0.4 is 5.32 Å². The molecule has 5 heteroatoms. The Morgan fingerprint density at radius 2 is 2.26 bits per heavy atom. The third kappa shape index (κ3) is 4.35. The minimum atomic E-state index is -0.743. The highest BCUT2D eigenvalue weighted by Gasteiger charge is 2.33. The lowest BCUT2D eigenvalue weighted by molar-refractivity contribution is -0.125. The van der Waals surface area contributed by atoms with Crippen molar-refractivity contribution >= 4 is 5.91 Å². The van der Waals surface area contributed by atoms with Crippen molar-refractivity contribution in [2.24, 2.45) is 7.05 Å². The molecule has 106 valence electrons. The SMILES string of the molecule is Cn1cc(CCCNC(=O)CC2(O)CCCC2)cn1. The second-order valence-corrected chi connectivity index (χ2v) is 5.58. The maximum absolute atomic E-state index is 11.7. The molecule has 0 spiro atoms. The van der Waals surface area contributed by atoms with Crippen LogP contribution in [0.15, 0.2) is 12.4 Å². The molecule has 2 N–H and O–H groups in total. The van der Waals surface area contributed by atoms with Gasteiger partial charge in [0.25, 0.3) is 0 Å². The van der Waals surface area contributed by atoms with Crippen molar-refractivity contribution in [3.63, 3.8) is 0 Å². The number of nitrogens with zero attached hydrogens (tertiary/aromatic N) is 2. The number of aryl methyl sites for hydroxylation is 2. The van der Waals surface area contributed by atoms with Gasteiger partial charge in [0.15, 0.2) is 0 Å². The van der Waals surface area contributed by atoms with Gasteiger partial charge >= 0.3 is 0 Å². The van der Waals surface area contributed by atoms with Gasteiger partial charge in [-0.2, -0.15) is 5.10 Å². The molecule has 1 aromatic heterocycles. The highest BCUT2D eigenvalue weighted by Crippen LogP contribution is 2.32. The summed E-state index contributed by atoms with van der Waals surface area (Å²) in [6.07, 6.45) is 9.49. The number of nitrogens with one attached hydrogen (secondary N) is 1. The largest absolute Gasteiger partial charge is 0.389 e. The lowest BCUT2D eigenvalue weighted by Gasteiger charge is -2.21. The van der Waals surface area contributed by atoms with Crippen LogP contribution in [0.4, 0.5) is 0 Å². The fourth-order valence-electron chi connectivity index (χ4n) is 2.69. The monoisotopic (exact) mass is 265 g/mol. The molecule has 1 fully saturated rings. The van der Waals surface area contributed by atoms with Gasteiger partial charge in [-0.3, -0.25) is 9.48 Å². The molecule has 19 heavy (non-hydrogen) atoms. The summed E-state index contributed by atoms with van der Waals surface area (Å²) in [5.74, 6) is -0.0319. The van der Waals surface area contributed by atoms with Crippen LogP contribution in [0.2, 0.25) is 0 Å². The van der Waals surface area contributed by atoms with E-state index >= 15 is 0 Å². The first-order chi connectivity index (χ1) is 9.07. The first-order valence-corrected chi connectivity index (χ1v) is 7.04. The quantitative estimate of drug-likeness (QED) is 0.759. The van der Waals surface area contributed by atoms with Crippen LogP contribution in [0.1, 0.15) is 44.1 Å². The minimum Gasteiger partial charge on any atom is -0.389 e. The van der Waals surface area contributed by atoms with Gasteiger partial charge in [-0.15, -0.1) is 0 Å². The van der Waals surface area contributed by atoms with Gasteiger partial charge in [0.05, 0.1) is 18.2 Å². The normalized spacial score (nSPS) is 17.6.